The van der Waals surface area contributed by atoms with Crippen LogP contribution in [0.25, 0.3) is 0 Å². The highest BCUT2D eigenvalue weighted by molar-refractivity contribution is 5.96. The predicted molar refractivity (Wildman–Crippen MR) is 151 cm³/mol. The first kappa shape index (κ1) is 28.6. The molecule has 1 saturated heterocycles. The average molecular weight is 517 g/mol. The number of aliphatic hydroxyl groups is 1. The van der Waals surface area contributed by atoms with Gasteiger partial charge in [-0.15, -0.1) is 12.4 Å². The van der Waals surface area contributed by atoms with Crippen molar-refractivity contribution in [1.82, 2.24) is 4.90 Å². The fraction of sp³-hybridized carbons (Fsp3) is 0.375. The second-order valence-electron chi connectivity index (χ2n) is 10.5. The molecule has 3 aromatic rings. The van der Waals surface area contributed by atoms with E-state index in [0.717, 1.165) is 55.6 Å². The van der Waals surface area contributed by atoms with Crippen LogP contribution < -0.4 is 0 Å². The third-order valence-electron chi connectivity index (χ3n) is 7.69. The number of nitrogens with zero attached hydrogens (tertiary/aromatic N) is 2. The Hall–Kier alpha value is -2.97. The molecule has 5 heteroatoms. The highest BCUT2D eigenvalue weighted by atomic mass is 35.5. The fourth-order valence-electron chi connectivity index (χ4n) is 5.34. The number of halogens is 1. The summed E-state index contributed by atoms with van der Waals surface area (Å²) in [7, 11) is 0. The quantitative estimate of drug-likeness (QED) is 0.329. The largest absolute Gasteiger partial charge is 0.380 e. The molecule has 0 saturated carbocycles. The minimum Gasteiger partial charge on any atom is -0.380 e. The predicted octanol–water partition coefficient (Wildman–Crippen LogP) is 6.52. The van der Waals surface area contributed by atoms with Gasteiger partial charge in [0.2, 0.25) is 0 Å². The number of likely N-dealkylation sites (tertiary alicyclic amines) is 1. The molecule has 1 aliphatic rings. The summed E-state index contributed by atoms with van der Waals surface area (Å²) >= 11 is 0. The molecule has 0 aromatic heterocycles. The van der Waals surface area contributed by atoms with E-state index < -0.39 is 11.0 Å². The maximum Gasteiger partial charge on any atom is 0.162 e. The van der Waals surface area contributed by atoms with Gasteiger partial charge in [-0.3, -0.25) is 4.79 Å². The van der Waals surface area contributed by atoms with Crippen molar-refractivity contribution in [1.29, 1.82) is 5.26 Å². The van der Waals surface area contributed by atoms with Crippen molar-refractivity contribution in [2.24, 2.45) is 5.92 Å². The molecule has 0 spiro atoms. The van der Waals surface area contributed by atoms with Crippen LogP contribution >= 0.6 is 12.4 Å². The molecule has 0 bridgehead atoms. The second kappa shape index (κ2) is 12.5. The number of carbonyl (C=O) groups is 1. The molecule has 1 aliphatic heterocycles. The first-order valence-electron chi connectivity index (χ1n) is 13.0. The molecule has 0 unspecified atom stereocenters. The number of hydrogen-bond acceptors (Lipinski definition) is 4. The monoisotopic (exact) mass is 516 g/mol. The highest BCUT2D eigenvalue weighted by Gasteiger charge is 2.41. The Morgan fingerprint density at radius 3 is 1.89 bits per heavy atom. The van der Waals surface area contributed by atoms with Gasteiger partial charge in [0.15, 0.2) is 5.78 Å². The summed E-state index contributed by atoms with van der Waals surface area (Å²) in [6.07, 6.45) is 3.14. The lowest BCUT2D eigenvalue weighted by molar-refractivity contribution is -0.0142. The van der Waals surface area contributed by atoms with Crippen LogP contribution in [0, 0.1) is 17.2 Å². The van der Waals surface area contributed by atoms with E-state index in [0.29, 0.717) is 12.0 Å². The van der Waals surface area contributed by atoms with Crippen molar-refractivity contribution in [3.8, 4) is 6.07 Å². The zero-order chi connectivity index (χ0) is 25.6. The maximum atomic E-state index is 12.7. The Balaban J connectivity index is 0.00000380. The van der Waals surface area contributed by atoms with Gasteiger partial charge >= 0.3 is 0 Å². The van der Waals surface area contributed by atoms with Crippen LogP contribution in [0.1, 0.15) is 66.6 Å². The second-order valence-corrected chi connectivity index (χ2v) is 10.5. The third kappa shape index (κ3) is 6.48. The molecule has 0 radical (unpaired) electrons. The number of hydrogen-bond donors (Lipinski definition) is 1. The summed E-state index contributed by atoms with van der Waals surface area (Å²) in [5.74, 6) is 0.282. The molecule has 37 heavy (non-hydrogen) atoms. The van der Waals surface area contributed by atoms with Crippen LogP contribution in [-0.2, 0) is 11.0 Å². The van der Waals surface area contributed by atoms with E-state index in [4.69, 9.17) is 0 Å². The first-order valence-corrected chi connectivity index (χ1v) is 13.0. The van der Waals surface area contributed by atoms with Crippen LogP contribution in [-0.4, -0.2) is 35.4 Å². The van der Waals surface area contributed by atoms with Gasteiger partial charge in [0.1, 0.15) is 5.60 Å². The normalized spacial score (nSPS) is 15.0. The van der Waals surface area contributed by atoms with Gasteiger partial charge < -0.3 is 10.0 Å². The van der Waals surface area contributed by atoms with Gasteiger partial charge in [0.25, 0.3) is 0 Å². The zero-order valence-corrected chi connectivity index (χ0v) is 22.6. The van der Waals surface area contributed by atoms with Crippen molar-refractivity contribution in [3.05, 3.63) is 107 Å². The molecule has 1 fully saturated rings. The lowest BCUT2D eigenvalue weighted by Gasteiger charge is -2.42. The van der Waals surface area contributed by atoms with Gasteiger partial charge in [-0.05, 0) is 75.4 Å². The van der Waals surface area contributed by atoms with Gasteiger partial charge in [-0.2, -0.15) is 5.26 Å². The van der Waals surface area contributed by atoms with Gasteiger partial charge in [0.05, 0.1) is 11.5 Å². The Morgan fingerprint density at radius 1 is 0.892 bits per heavy atom. The summed E-state index contributed by atoms with van der Waals surface area (Å²) in [5, 5.41) is 21.4. The van der Waals surface area contributed by atoms with E-state index in [-0.39, 0.29) is 24.1 Å². The molecule has 0 atom stereocenters. The number of ketones is 1. The van der Waals surface area contributed by atoms with E-state index in [1.807, 2.05) is 98.8 Å². The molecule has 194 valence electrons. The van der Waals surface area contributed by atoms with Gasteiger partial charge in [0, 0.05) is 12.0 Å². The number of nitriles is 1. The summed E-state index contributed by atoms with van der Waals surface area (Å²) in [6.45, 7) is 6.48. The zero-order valence-electron chi connectivity index (χ0n) is 21.8. The average Bonchev–Trinajstić information content (AvgIpc) is 2.94. The van der Waals surface area contributed by atoms with Crippen LogP contribution in [0.5, 0.6) is 0 Å². The molecule has 1 N–H and O–H groups in total. The smallest absolute Gasteiger partial charge is 0.162 e. The number of carbonyl (C=O) groups excluding carboxylic acids is 1. The summed E-state index contributed by atoms with van der Waals surface area (Å²) in [4.78, 5) is 15.1. The Bertz CT molecular complexity index is 1140. The van der Waals surface area contributed by atoms with E-state index in [2.05, 4.69) is 11.0 Å². The third-order valence-corrected chi connectivity index (χ3v) is 7.69. The fourth-order valence-corrected chi connectivity index (χ4v) is 5.34. The summed E-state index contributed by atoms with van der Waals surface area (Å²) in [6, 6.07) is 29.8. The molecule has 1 heterocycles. The highest BCUT2D eigenvalue weighted by Crippen LogP contribution is 2.41. The number of benzene rings is 3. The Kier molecular flexibility index (Phi) is 9.68. The van der Waals surface area contributed by atoms with Crippen molar-refractivity contribution in [2.45, 2.75) is 50.5 Å². The SMILES string of the molecule is CC(C)(C#N)c1ccc(C(=O)CCCN2CCC(C(O)(c3ccccc3)c3ccccc3)CC2)cc1.Cl. The van der Waals surface area contributed by atoms with Crippen molar-refractivity contribution in [2.75, 3.05) is 19.6 Å². The summed E-state index contributed by atoms with van der Waals surface area (Å²) < 4.78 is 0. The van der Waals surface area contributed by atoms with E-state index in [1.54, 1.807) is 0 Å². The van der Waals surface area contributed by atoms with Crippen LogP contribution in [0.15, 0.2) is 84.9 Å². The molecule has 0 aliphatic carbocycles. The molecule has 4 rings (SSSR count). The minimum absolute atomic E-state index is 0. The van der Waals surface area contributed by atoms with E-state index >= 15 is 0 Å². The molecule has 4 nitrogen and oxygen atoms in total. The Morgan fingerprint density at radius 2 is 1.41 bits per heavy atom. The molecular weight excluding hydrogens is 480 g/mol. The molecule has 3 aromatic carbocycles. The van der Waals surface area contributed by atoms with E-state index in [9.17, 15) is 15.2 Å². The number of Topliss-reactive ketones (excluding diaryl/α,β-unsaturated/α-hetero) is 1. The van der Waals surface area contributed by atoms with Gasteiger partial charge in [-0.1, -0.05) is 84.9 Å². The van der Waals surface area contributed by atoms with Crippen LogP contribution in [0.3, 0.4) is 0 Å². The lowest BCUT2D eigenvalue weighted by atomic mass is 9.72. The van der Waals surface area contributed by atoms with Crippen LogP contribution in [0.4, 0.5) is 0 Å². The molecular formula is C32H37ClN2O2. The standard InChI is InChI=1S/C32H36N2O2.ClH/c1-31(2,24-33)26-17-15-25(16-18-26)30(35)14-9-21-34-22-19-29(20-23-34)32(36,27-10-5-3-6-11-27)28-12-7-4-8-13-28;/h3-8,10-13,15-18,29,36H,9,14,19-23H2,1-2H3;1H. The Labute approximate surface area is 227 Å². The first-order chi connectivity index (χ1) is 17.3. The topological polar surface area (TPSA) is 64.3 Å². The van der Waals surface area contributed by atoms with Crippen molar-refractivity contribution in [3.63, 3.8) is 0 Å². The van der Waals surface area contributed by atoms with Crippen molar-refractivity contribution >= 4 is 18.2 Å². The van der Waals surface area contributed by atoms with Gasteiger partial charge in [-0.25, -0.2) is 0 Å². The number of rotatable bonds is 9. The minimum atomic E-state index is -1.00. The van der Waals surface area contributed by atoms with Crippen LogP contribution in [0.2, 0.25) is 0 Å². The number of piperidine rings is 1. The molecule has 0 amide bonds. The maximum absolute atomic E-state index is 12.7. The van der Waals surface area contributed by atoms with Crippen molar-refractivity contribution < 1.29 is 9.90 Å². The summed E-state index contributed by atoms with van der Waals surface area (Å²) in [5.41, 5.74) is 1.98. The van der Waals surface area contributed by atoms with E-state index in [1.165, 1.54) is 0 Å². The lowest BCUT2D eigenvalue weighted by Crippen LogP contribution is -2.44.